The number of rotatable bonds is 1. The molecule has 2 aliphatic heterocycles. The topological polar surface area (TPSA) is 50.5 Å². The van der Waals surface area contributed by atoms with Crippen molar-refractivity contribution in [2.45, 2.75) is 30.5 Å². The minimum absolute atomic E-state index is 0.308. The summed E-state index contributed by atoms with van der Waals surface area (Å²) in [6, 6.07) is 0.616. The van der Waals surface area contributed by atoms with Crippen LogP contribution in [-0.2, 0) is 17.4 Å². The summed E-state index contributed by atoms with van der Waals surface area (Å²) in [7, 11) is 4.06. The van der Waals surface area contributed by atoms with Crippen LogP contribution in [0.4, 0.5) is 0 Å². The molecule has 1 aromatic heterocycles. The molecule has 1 aromatic rings. The highest BCUT2D eigenvalue weighted by Gasteiger charge is 2.46. The number of ether oxygens (including phenoxy) is 1. The number of aliphatic hydroxyl groups is 1. The Morgan fingerprint density at radius 1 is 1.35 bits per heavy atom. The van der Waals surface area contributed by atoms with Crippen LogP contribution in [0.15, 0.2) is 12.5 Å². The van der Waals surface area contributed by atoms with Gasteiger partial charge in [0.1, 0.15) is 5.60 Å². The third kappa shape index (κ3) is 1.69. The van der Waals surface area contributed by atoms with Crippen molar-refractivity contribution in [3.63, 3.8) is 0 Å². The van der Waals surface area contributed by atoms with Crippen LogP contribution in [0, 0.1) is 0 Å². The molecule has 2 bridgehead atoms. The molecule has 0 spiro atoms. The van der Waals surface area contributed by atoms with E-state index < -0.39 is 5.60 Å². The van der Waals surface area contributed by atoms with Crippen molar-refractivity contribution in [2.24, 2.45) is 7.05 Å². The molecule has 2 atom stereocenters. The quantitative estimate of drug-likeness (QED) is 0.752. The normalized spacial score (nSPS) is 38.3. The lowest BCUT2D eigenvalue weighted by Gasteiger charge is -2.50. The first-order valence-corrected chi connectivity index (χ1v) is 6.09. The van der Waals surface area contributed by atoms with Gasteiger partial charge in [0.25, 0.3) is 0 Å². The number of morpholine rings is 1. The number of piperidine rings is 1. The van der Waals surface area contributed by atoms with Gasteiger partial charge in [0.15, 0.2) is 0 Å². The smallest absolute Gasteiger partial charge is 0.109 e. The SMILES string of the molecule is CN1C2COCC1CC(O)(c1cncn1C)C2. The van der Waals surface area contributed by atoms with E-state index >= 15 is 0 Å². The molecule has 5 heteroatoms. The van der Waals surface area contributed by atoms with Gasteiger partial charge in [-0.25, -0.2) is 4.98 Å². The van der Waals surface area contributed by atoms with Crippen LogP contribution in [0.2, 0.25) is 0 Å². The molecule has 2 aliphatic rings. The third-order valence-electron chi connectivity index (χ3n) is 4.21. The minimum Gasteiger partial charge on any atom is -0.383 e. The van der Waals surface area contributed by atoms with Crippen LogP contribution in [0.1, 0.15) is 18.5 Å². The lowest BCUT2D eigenvalue weighted by Crippen LogP contribution is -2.59. The molecule has 2 saturated heterocycles. The number of fused-ring (bicyclic) bond motifs is 2. The molecular weight excluding hydrogens is 218 g/mol. The van der Waals surface area contributed by atoms with E-state index in [1.165, 1.54) is 0 Å². The number of aromatic nitrogens is 2. The maximum atomic E-state index is 10.9. The third-order valence-corrected chi connectivity index (χ3v) is 4.21. The maximum Gasteiger partial charge on any atom is 0.109 e. The molecule has 5 nitrogen and oxygen atoms in total. The van der Waals surface area contributed by atoms with Gasteiger partial charge in [0.05, 0.1) is 31.4 Å². The van der Waals surface area contributed by atoms with Crippen molar-refractivity contribution in [3.8, 4) is 0 Å². The summed E-state index contributed by atoms with van der Waals surface area (Å²) >= 11 is 0. The molecule has 0 radical (unpaired) electrons. The number of imidazole rings is 1. The predicted molar refractivity (Wildman–Crippen MR) is 62.5 cm³/mol. The van der Waals surface area contributed by atoms with E-state index in [4.69, 9.17) is 4.74 Å². The van der Waals surface area contributed by atoms with Gasteiger partial charge in [-0.05, 0) is 19.9 Å². The second-order valence-corrected chi connectivity index (χ2v) is 5.34. The first-order chi connectivity index (χ1) is 8.10. The summed E-state index contributed by atoms with van der Waals surface area (Å²) in [6.45, 7) is 1.43. The zero-order valence-electron chi connectivity index (χ0n) is 10.3. The van der Waals surface area contributed by atoms with E-state index in [2.05, 4.69) is 16.9 Å². The van der Waals surface area contributed by atoms with Crippen molar-refractivity contribution in [2.75, 3.05) is 20.3 Å². The Hall–Kier alpha value is -0.910. The molecular formula is C12H19N3O2. The molecule has 17 heavy (non-hydrogen) atoms. The molecule has 2 fully saturated rings. The van der Waals surface area contributed by atoms with E-state index in [1.807, 2.05) is 11.6 Å². The average Bonchev–Trinajstić information content (AvgIpc) is 2.68. The Morgan fingerprint density at radius 3 is 2.53 bits per heavy atom. The van der Waals surface area contributed by atoms with Crippen LogP contribution in [0.25, 0.3) is 0 Å². The first kappa shape index (κ1) is 11.2. The van der Waals surface area contributed by atoms with E-state index in [0.29, 0.717) is 25.3 Å². The Balaban J connectivity index is 1.92. The van der Waals surface area contributed by atoms with Gasteiger partial charge in [0, 0.05) is 19.1 Å². The standard InChI is InChI=1S/C12H19N3O2/c1-14-8-13-5-11(14)12(16)3-9-6-17-7-10(4-12)15(9)2/h5,8-10,16H,3-4,6-7H2,1-2H3. The number of hydrogen-bond acceptors (Lipinski definition) is 4. The van der Waals surface area contributed by atoms with Crippen molar-refractivity contribution < 1.29 is 9.84 Å². The number of nitrogens with zero attached hydrogens (tertiary/aromatic N) is 3. The molecule has 3 heterocycles. The van der Waals surface area contributed by atoms with Gasteiger partial charge in [0.2, 0.25) is 0 Å². The highest BCUT2D eigenvalue weighted by molar-refractivity contribution is 5.15. The lowest BCUT2D eigenvalue weighted by molar-refractivity contribution is -0.140. The zero-order chi connectivity index (χ0) is 12.0. The molecule has 2 unspecified atom stereocenters. The van der Waals surface area contributed by atoms with Crippen LogP contribution in [0.3, 0.4) is 0 Å². The second kappa shape index (κ2) is 3.80. The van der Waals surface area contributed by atoms with Crippen LogP contribution >= 0.6 is 0 Å². The van der Waals surface area contributed by atoms with Crippen molar-refractivity contribution >= 4 is 0 Å². The summed E-state index contributed by atoms with van der Waals surface area (Å²) in [5.74, 6) is 0. The number of likely N-dealkylation sites (N-methyl/N-ethyl adjacent to an activating group) is 1. The van der Waals surface area contributed by atoms with E-state index in [9.17, 15) is 5.11 Å². The summed E-state index contributed by atoms with van der Waals surface area (Å²) in [5, 5.41) is 10.9. The monoisotopic (exact) mass is 237 g/mol. The fourth-order valence-electron chi connectivity index (χ4n) is 3.16. The van der Waals surface area contributed by atoms with Crippen LogP contribution < -0.4 is 0 Å². The molecule has 0 saturated carbocycles. The molecule has 3 rings (SSSR count). The number of aryl methyl sites for hydroxylation is 1. The fourth-order valence-corrected chi connectivity index (χ4v) is 3.16. The Morgan fingerprint density at radius 2 is 2.00 bits per heavy atom. The summed E-state index contributed by atoms with van der Waals surface area (Å²) in [5.41, 5.74) is 0.166. The van der Waals surface area contributed by atoms with Gasteiger partial charge in [-0.3, -0.25) is 4.90 Å². The molecule has 0 aliphatic carbocycles. The van der Waals surface area contributed by atoms with Crippen molar-refractivity contribution in [1.29, 1.82) is 0 Å². The highest BCUT2D eigenvalue weighted by Crippen LogP contribution is 2.39. The Labute approximate surface area is 101 Å². The Bertz CT molecular complexity index is 404. The lowest BCUT2D eigenvalue weighted by atomic mass is 9.79. The zero-order valence-corrected chi connectivity index (χ0v) is 10.3. The van der Waals surface area contributed by atoms with E-state index in [-0.39, 0.29) is 0 Å². The van der Waals surface area contributed by atoms with E-state index in [1.54, 1.807) is 12.5 Å². The van der Waals surface area contributed by atoms with Gasteiger partial charge < -0.3 is 14.4 Å². The predicted octanol–water partition coefficient (Wildman–Crippen LogP) is 0.101. The molecule has 0 aromatic carbocycles. The maximum absolute atomic E-state index is 10.9. The fraction of sp³-hybridized carbons (Fsp3) is 0.750. The summed E-state index contributed by atoms with van der Waals surface area (Å²) < 4.78 is 7.49. The van der Waals surface area contributed by atoms with Gasteiger partial charge in [-0.2, -0.15) is 0 Å². The Kier molecular flexibility index (Phi) is 2.50. The largest absolute Gasteiger partial charge is 0.383 e. The average molecular weight is 237 g/mol. The molecule has 94 valence electrons. The van der Waals surface area contributed by atoms with E-state index in [0.717, 1.165) is 18.5 Å². The van der Waals surface area contributed by atoms with Gasteiger partial charge >= 0.3 is 0 Å². The molecule has 0 amide bonds. The minimum atomic E-state index is -0.753. The van der Waals surface area contributed by atoms with Crippen LogP contribution in [0.5, 0.6) is 0 Å². The summed E-state index contributed by atoms with van der Waals surface area (Å²) in [6.07, 6.45) is 4.97. The van der Waals surface area contributed by atoms with Gasteiger partial charge in [-0.15, -0.1) is 0 Å². The number of hydrogen-bond donors (Lipinski definition) is 1. The van der Waals surface area contributed by atoms with Gasteiger partial charge in [-0.1, -0.05) is 0 Å². The van der Waals surface area contributed by atoms with Crippen LogP contribution in [-0.4, -0.2) is 51.9 Å². The highest BCUT2D eigenvalue weighted by atomic mass is 16.5. The summed E-state index contributed by atoms with van der Waals surface area (Å²) in [4.78, 5) is 6.45. The first-order valence-electron chi connectivity index (χ1n) is 6.09. The molecule has 1 N–H and O–H groups in total. The van der Waals surface area contributed by atoms with Crippen molar-refractivity contribution in [1.82, 2.24) is 14.5 Å². The van der Waals surface area contributed by atoms with Crippen molar-refractivity contribution in [3.05, 3.63) is 18.2 Å². The second-order valence-electron chi connectivity index (χ2n) is 5.34.